The molecule has 1 heterocycles. The van der Waals surface area contributed by atoms with E-state index in [1.54, 1.807) is 13.0 Å². The molecule has 148 valence electrons. The molecule has 0 aliphatic heterocycles. The second kappa shape index (κ2) is 7.78. The van der Waals surface area contributed by atoms with E-state index in [1.165, 1.54) is 25.1 Å². The quantitative estimate of drug-likeness (QED) is 0.464. The first-order chi connectivity index (χ1) is 13.1. The van der Waals surface area contributed by atoms with Crippen molar-refractivity contribution in [1.29, 1.82) is 0 Å². The van der Waals surface area contributed by atoms with Crippen molar-refractivity contribution in [3.63, 3.8) is 0 Å². The summed E-state index contributed by atoms with van der Waals surface area (Å²) < 4.78 is 75.9. The van der Waals surface area contributed by atoms with E-state index in [9.17, 15) is 21.6 Å². The number of sulfonamides is 1. The second-order valence-electron chi connectivity index (χ2n) is 6.18. The van der Waals surface area contributed by atoms with Crippen LogP contribution < -0.4 is 4.72 Å². The highest BCUT2D eigenvalue weighted by Crippen LogP contribution is 2.29. The Morgan fingerprint density at radius 2 is 1.75 bits per heavy atom. The average Bonchev–Trinajstić information content (AvgIpc) is 2.95. The number of halogens is 4. The van der Waals surface area contributed by atoms with Gasteiger partial charge in [-0.25, -0.2) is 21.6 Å². The molecule has 1 aromatic heterocycles. The second-order valence-corrected chi connectivity index (χ2v) is 9.08. The van der Waals surface area contributed by atoms with E-state index in [-0.39, 0.29) is 33.9 Å². The molecule has 2 aromatic carbocycles. The van der Waals surface area contributed by atoms with E-state index in [2.05, 4.69) is 4.72 Å². The zero-order chi connectivity index (χ0) is 20.6. The number of rotatable bonds is 5. The molecule has 4 nitrogen and oxygen atoms in total. The van der Waals surface area contributed by atoms with Gasteiger partial charge in [0.25, 0.3) is 10.0 Å². The third-order valence-electron chi connectivity index (χ3n) is 4.11. The fraction of sp³-hybridized carbons (Fsp3) is 0.158. The van der Waals surface area contributed by atoms with Crippen molar-refractivity contribution in [1.82, 2.24) is 0 Å². The molecular weight excluding hydrogens is 506 g/mol. The van der Waals surface area contributed by atoms with Crippen LogP contribution in [0.15, 0.2) is 45.7 Å². The van der Waals surface area contributed by atoms with Gasteiger partial charge in [-0.1, -0.05) is 6.07 Å². The minimum absolute atomic E-state index is 0.110. The number of nitrogens with one attached hydrogen (secondary N) is 1. The fourth-order valence-corrected chi connectivity index (χ4v) is 4.58. The number of benzene rings is 2. The van der Waals surface area contributed by atoms with E-state index in [0.717, 1.165) is 12.1 Å². The summed E-state index contributed by atoms with van der Waals surface area (Å²) in [6, 6.07) is 7.58. The molecule has 0 spiro atoms. The molecule has 0 bridgehead atoms. The Kier molecular flexibility index (Phi) is 5.76. The predicted molar refractivity (Wildman–Crippen MR) is 107 cm³/mol. The van der Waals surface area contributed by atoms with E-state index in [1.807, 2.05) is 22.6 Å². The molecule has 0 fully saturated rings. The third kappa shape index (κ3) is 4.19. The standard InChI is InChI=1S/C19H15F3INO3S/c1-10-7-18(11(2)27-10)28(25,26)24-17-6-5-15(20)19(22)14(17)8-12-3-4-13(23)9-16(12)21/h3-7,9,24H,8H2,1-2H3. The van der Waals surface area contributed by atoms with Gasteiger partial charge >= 0.3 is 0 Å². The summed E-state index contributed by atoms with van der Waals surface area (Å²) in [5, 5.41) is 0. The molecule has 0 unspecified atom stereocenters. The Hall–Kier alpha value is -2.01. The van der Waals surface area contributed by atoms with Crippen LogP contribution in [0.4, 0.5) is 18.9 Å². The lowest BCUT2D eigenvalue weighted by Gasteiger charge is -2.14. The maximum atomic E-state index is 14.5. The highest BCUT2D eigenvalue weighted by atomic mass is 127. The normalized spacial score (nSPS) is 11.6. The molecule has 9 heteroatoms. The predicted octanol–water partition coefficient (Wildman–Crippen LogP) is 5.31. The Labute approximate surface area is 174 Å². The molecule has 0 aliphatic rings. The zero-order valence-electron chi connectivity index (χ0n) is 14.8. The van der Waals surface area contributed by atoms with E-state index in [0.29, 0.717) is 9.33 Å². The van der Waals surface area contributed by atoms with Crippen molar-refractivity contribution >= 4 is 38.3 Å². The van der Waals surface area contributed by atoms with E-state index < -0.39 is 27.5 Å². The van der Waals surface area contributed by atoms with Crippen LogP contribution in [-0.4, -0.2) is 8.42 Å². The molecule has 1 N–H and O–H groups in total. The summed E-state index contributed by atoms with van der Waals surface area (Å²) in [6.45, 7) is 3.07. The number of aryl methyl sites for hydroxylation is 2. The Morgan fingerprint density at radius 3 is 2.36 bits per heavy atom. The largest absolute Gasteiger partial charge is 0.465 e. The van der Waals surface area contributed by atoms with Crippen LogP contribution in [0, 0.1) is 34.9 Å². The van der Waals surface area contributed by atoms with Crippen LogP contribution in [0.5, 0.6) is 0 Å². The molecule has 0 aliphatic carbocycles. The number of furan rings is 1. The summed E-state index contributed by atoms with van der Waals surface area (Å²) in [7, 11) is -4.11. The average molecular weight is 521 g/mol. The Bertz CT molecular complexity index is 1160. The molecule has 3 aromatic rings. The molecule has 3 rings (SSSR count). The van der Waals surface area contributed by atoms with Gasteiger partial charge in [0.2, 0.25) is 0 Å². The summed E-state index contributed by atoms with van der Waals surface area (Å²) in [4.78, 5) is -0.110. The smallest absolute Gasteiger partial charge is 0.265 e. The van der Waals surface area contributed by atoms with Gasteiger partial charge in [0, 0.05) is 21.6 Å². The lowest BCUT2D eigenvalue weighted by molar-refractivity contribution is 0.496. The highest BCUT2D eigenvalue weighted by molar-refractivity contribution is 14.1. The minimum Gasteiger partial charge on any atom is -0.465 e. The lowest BCUT2D eigenvalue weighted by Crippen LogP contribution is -2.16. The van der Waals surface area contributed by atoms with Crippen molar-refractivity contribution in [2.75, 3.05) is 4.72 Å². The SMILES string of the molecule is Cc1cc(S(=O)(=O)Nc2ccc(F)c(F)c2Cc2ccc(I)cc2F)c(C)o1. The van der Waals surface area contributed by atoms with Crippen molar-refractivity contribution in [2.45, 2.75) is 25.2 Å². The van der Waals surface area contributed by atoms with Crippen LogP contribution in [0.25, 0.3) is 0 Å². The summed E-state index contributed by atoms with van der Waals surface area (Å²) in [5.41, 5.74) is -0.350. The Balaban J connectivity index is 2.04. The molecule has 0 saturated carbocycles. The maximum absolute atomic E-state index is 14.5. The summed E-state index contributed by atoms with van der Waals surface area (Å²) in [6.07, 6.45) is -0.326. The van der Waals surface area contributed by atoms with Gasteiger partial charge in [0.15, 0.2) is 11.6 Å². The van der Waals surface area contributed by atoms with Gasteiger partial charge in [-0.2, -0.15) is 0 Å². The maximum Gasteiger partial charge on any atom is 0.265 e. The van der Waals surface area contributed by atoms with Crippen LogP contribution in [0.3, 0.4) is 0 Å². The van der Waals surface area contributed by atoms with Gasteiger partial charge in [-0.15, -0.1) is 0 Å². The van der Waals surface area contributed by atoms with Gasteiger partial charge < -0.3 is 4.42 Å². The van der Waals surface area contributed by atoms with Crippen molar-refractivity contribution in [2.24, 2.45) is 0 Å². The lowest BCUT2D eigenvalue weighted by atomic mass is 10.0. The van der Waals surface area contributed by atoms with Gasteiger partial charge in [0.05, 0.1) is 5.69 Å². The highest BCUT2D eigenvalue weighted by Gasteiger charge is 2.24. The first-order valence-electron chi connectivity index (χ1n) is 8.09. The number of hydrogen-bond donors (Lipinski definition) is 1. The topological polar surface area (TPSA) is 59.3 Å². The molecule has 0 saturated heterocycles. The van der Waals surface area contributed by atoms with Crippen molar-refractivity contribution in [3.8, 4) is 0 Å². The van der Waals surface area contributed by atoms with Crippen LogP contribution in [0.1, 0.15) is 22.6 Å². The minimum atomic E-state index is -4.11. The molecule has 0 amide bonds. The van der Waals surface area contributed by atoms with E-state index >= 15 is 0 Å². The first-order valence-corrected chi connectivity index (χ1v) is 10.7. The van der Waals surface area contributed by atoms with Crippen molar-refractivity contribution < 1.29 is 26.0 Å². The van der Waals surface area contributed by atoms with Crippen LogP contribution in [-0.2, 0) is 16.4 Å². The van der Waals surface area contributed by atoms with Crippen LogP contribution in [0.2, 0.25) is 0 Å². The monoisotopic (exact) mass is 521 g/mol. The third-order valence-corrected chi connectivity index (χ3v) is 6.25. The zero-order valence-corrected chi connectivity index (χ0v) is 17.8. The van der Waals surface area contributed by atoms with Gasteiger partial charge in [0.1, 0.15) is 22.2 Å². The fourth-order valence-electron chi connectivity index (χ4n) is 2.79. The molecule has 0 radical (unpaired) electrons. The summed E-state index contributed by atoms with van der Waals surface area (Å²) in [5.74, 6) is -2.43. The number of hydrogen-bond acceptors (Lipinski definition) is 3. The van der Waals surface area contributed by atoms with Crippen molar-refractivity contribution in [3.05, 3.63) is 80.1 Å². The van der Waals surface area contributed by atoms with E-state index in [4.69, 9.17) is 4.42 Å². The van der Waals surface area contributed by atoms with Gasteiger partial charge in [-0.05, 0) is 66.3 Å². The van der Waals surface area contributed by atoms with Gasteiger partial charge in [-0.3, -0.25) is 4.72 Å². The first kappa shape index (κ1) is 20.7. The molecule has 28 heavy (non-hydrogen) atoms. The number of anilines is 1. The van der Waals surface area contributed by atoms with Crippen LogP contribution >= 0.6 is 22.6 Å². The Morgan fingerprint density at radius 1 is 1.04 bits per heavy atom. The summed E-state index contributed by atoms with van der Waals surface area (Å²) >= 11 is 1.93. The molecular formula is C19H15F3INO3S. The molecule has 0 atom stereocenters.